The van der Waals surface area contributed by atoms with Crippen molar-refractivity contribution < 1.29 is 23.7 Å². The van der Waals surface area contributed by atoms with Crippen molar-refractivity contribution >= 4 is 29.9 Å². The van der Waals surface area contributed by atoms with Crippen LogP contribution in [0.1, 0.15) is 27.7 Å². The highest BCUT2D eigenvalue weighted by Gasteiger charge is 2.50. The summed E-state index contributed by atoms with van der Waals surface area (Å²) in [5.74, 6) is -0.890. The van der Waals surface area contributed by atoms with Gasteiger partial charge < -0.3 is 10.1 Å². The van der Waals surface area contributed by atoms with Gasteiger partial charge in [0.25, 0.3) is 11.7 Å². The predicted molar refractivity (Wildman–Crippen MR) is 87.9 cm³/mol. The molecule has 0 spiro atoms. The first kappa shape index (κ1) is 17.8. The fraction of sp³-hybridized carbons (Fsp3) is 0.562. The number of hydrogen-bond donors (Lipinski definition) is 1. The number of imide groups is 1. The minimum Gasteiger partial charge on any atom is -0.496 e. The van der Waals surface area contributed by atoms with Gasteiger partial charge in [0.1, 0.15) is 12.0 Å². The topological polar surface area (TPSA) is 91.1 Å². The first-order chi connectivity index (χ1) is 11.3. The zero-order valence-electron chi connectivity index (χ0n) is 14.6. The lowest BCUT2D eigenvalue weighted by molar-refractivity contribution is -0.408. The maximum Gasteiger partial charge on any atom is 0.446 e. The highest BCUT2D eigenvalue weighted by atomic mass is 16.5. The molecule has 0 aromatic carbocycles. The van der Waals surface area contributed by atoms with Crippen molar-refractivity contribution in [1.82, 2.24) is 10.2 Å². The molecule has 0 bridgehead atoms. The van der Waals surface area contributed by atoms with E-state index in [-0.39, 0.29) is 18.5 Å². The number of ether oxygens (including phenoxy) is 1. The maximum atomic E-state index is 12.9. The molecule has 1 atom stereocenters. The van der Waals surface area contributed by atoms with E-state index in [2.05, 4.69) is 10.3 Å². The molecule has 0 aromatic rings. The summed E-state index contributed by atoms with van der Waals surface area (Å²) in [6.07, 6.45) is 1.58. The third-order valence-electron chi connectivity index (χ3n) is 3.73. The van der Waals surface area contributed by atoms with Gasteiger partial charge in [0.15, 0.2) is 12.5 Å². The Morgan fingerprint density at radius 2 is 2.12 bits per heavy atom. The number of dihydropyridines is 1. The lowest BCUT2D eigenvalue weighted by Gasteiger charge is -2.29. The Balaban J connectivity index is 2.38. The van der Waals surface area contributed by atoms with Gasteiger partial charge in [0.2, 0.25) is 0 Å². The lowest BCUT2D eigenvalue weighted by atomic mass is 9.96. The number of urea groups is 1. The molecule has 8 nitrogen and oxygen atoms in total. The largest absolute Gasteiger partial charge is 0.496 e. The summed E-state index contributed by atoms with van der Waals surface area (Å²) >= 11 is 0. The molecular formula is C16H23N4O4+. The number of rotatable bonds is 5. The van der Waals surface area contributed by atoms with Crippen LogP contribution in [0.25, 0.3) is 0 Å². The second-order valence-electron chi connectivity index (χ2n) is 6.02. The van der Waals surface area contributed by atoms with Crippen molar-refractivity contribution in [3.63, 3.8) is 0 Å². The van der Waals surface area contributed by atoms with E-state index in [0.29, 0.717) is 18.2 Å². The molecule has 1 unspecified atom stereocenters. The molecule has 130 valence electrons. The normalized spacial score (nSPS) is 20.8. The van der Waals surface area contributed by atoms with Crippen LogP contribution in [0, 0.1) is 5.92 Å². The summed E-state index contributed by atoms with van der Waals surface area (Å²) in [6, 6.07) is -0.648. The number of nitrogens with one attached hydrogen (secondary N) is 1. The Morgan fingerprint density at radius 3 is 2.71 bits per heavy atom. The van der Waals surface area contributed by atoms with Gasteiger partial charge in [-0.2, -0.15) is 9.48 Å². The Hall–Kier alpha value is -2.51. The van der Waals surface area contributed by atoms with Crippen LogP contribution in [0.15, 0.2) is 16.3 Å². The average Bonchev–Trinajstić information content (AvgIpc) is 2.50. The summed E-state index contributed by atoms with van der Waals surface area (Å²) in [7, 11) is 1.53. The van der Waals surface area contributed by atoms with Crippen LogP contribution in [0.2, 0.25) is 0 Å². The molecular weight excluding hydrogens is 312 g/mol. The number of carbonyl (C=O) groups is 3. The van der Waals surface area contributed by atoms with E-state index in [4.69, 9.17) is 4.74 Å². The summed E-state index contributed by atoms with van der Waals surface area (Å²) < 4.78 is 6.91. The quantitative estimate of drug-likeness (QED) is 0.742. The number of amides is 4. The predicted octanol–water partition coefficient (Wildman–Crippen LogP) is 0.525. The van der Waals surface area contributed by atoms with Crippen LogP contribution in [-0.2, 0) is 14.3 Å². The van der Waals surface area contributed by atoms with Crippen molar-refractivity contribution in [3.05, 3.63) is 11.3 Å². The Bertz CT molecular complexity index is 676. The van der Waals surface area contributed by atoms with Crippen molar-refractivity contribution in [2.45, 2.75) is 33.7 Å². The van der Waals surface area contributed by atoms with Crippen LogP contribution in [0.4, 0.5) is 4.79 Å². The number of allylic oxidation sites excluding steroid dienone is 1. The number of hydrogen-bond acceptors (Lipinski definition) is 5. The number of carbonyl (C=O) groups excluding carboxylic acids is 3. The van der Waals surface area contributed by atoms with E-state index in [1.54, 1.807) is 13.1 Å². The van der Waals surface area contributed by atoms with E-state index >= 15 is 0 Å². The van der Waals surface area contributed by atoms with Crippen LogP contribution in [0.3, 0.4) is 0 Å². The molecule has 2 aliphatic rings. The van der Waals surface area contributed by atoms with Crippen LogP contribution >= 0.6 is 0 Å². The van der Waals surface area contributed by atoms with Gasteiger partial charge in [-0.1, -0.05) is 0 Å². The van der Waals surface area contributed by atoms with Gasteiger partial charge >= 0.3 is 11.9 Å². The summed E-state index contributed by atoms with van der Waals surface area (Å²) in [4.78, 5) is 42.5. The van der Waals surface area contributed by atoms with E-state index in [1.165, 1.54) is 11.6 Å². The van der Waals surface area contributed by atoms with E-state index < -0.39 is 17.9 Å². The molecule has 0 saturated carbocycles. The number of nitrogens with zero attached hydrogens (tertiary/aromatic N) is 3. The molecule has 0 aromatic heterocycles. The Morgan fingerprint density at radius 1 is 1.46 bits per heavy atom. The fourth-order valence-corrected chi connectivity index (χ4v) is 2.69. The van der Waals surface area contributed by atoms with Crippen molar-refractivity contribution in [3.8, 4) is 0 Å². The van der Waals surface area contributed by atoms with E-state index in [9.17, 15) is 14.4 Å². The molecule has 2 aliphatic heterocycles. The first-order valence-corrected chi connectivity index (χ1v) is 7.90. The van der Waals surface area contributed by atoms with E-state index in [1.807, 2.05) is 20.8 Å². The van der Waals surface area contributed by atoms with Gasteiger partial charge in [-0.3, -0.25) is 9.59 Å². The van der Waals surface area contributed by atoms with Gasteiger partial charge in [-0.05, 0) is 27.7 Å². The number of fused-ring (bicyclic) bond motifs is 1. The second kappa shape index (κ2) is 6.94. The molecule has 2 heterocycles. The third kappa shape index (κ3) is 3.22. The maximum absolute atomic E-state index is 12.9. The third-order valence-corrected chi connectivity index (χ3v) is 3.73. The van der Waals surface area contributed by atoms with Gasteiger partial charge in [0, 0.05) is 11.6 Å². The molecule has 4 amide bonds. The summed E-state index contributed by atoms with van der Waals surface area (Å²) in [5, 5.41) is 2.68. The number of aliphatic imine (C=N–C) groups is 1. The first-order valence-electron chi connectivity index (χ1n) is 7.90. The Labute approximate surface area is 140 Å². The van der Waals surface area contributed by atoms with Crippen molar-refractivity contribution in [2.24, 2.45) is 10.9 Å². The monoisotopic (exact) mass is 335 g/mol. The molecule has 2 rings (SSSR count). The zero-order valence-corrected chi connectivity index (χ0v) is 14.6. The molecule has 0 aliphatic carbocycles. The van der Waals surface area contributed by atoms with Crippen LogP contribution in [-0.4, -0.2) is 65.6 Å². The Kier molecular flexibility index (Phi) is 5.16. The van der Waals surface area contributed by atoms with Crippen molar-refractivity contribution in [2.75, 3.05) is 20.2 Å². The summed E-state index contributed by atoms with van der Waals surface area (Å²) in [5.41, 5.74) is 0.730. The second-order valence-corrected chi connectivity index (χ2v) is 6.02. The minimum atomic E-state index is -0.801. The van der Waals surface area contributed by atoms with Gasteiger partial charge in [-0.25, -0.2) is 4.79 Å². The average molecular weight is 335 g/mol. The SMILES string of the molecule is CCOC1=C(C)C=NC2=[N+](C)C(=O)N(CC(=O)NC(C)C)C(=O)C12. The van der Waals surface area contributed by atoms with Crippen molar-refractivity contribution in [1.29, 1.82) is 0 Å². The van der Waals surface area contributed by atoms with E-state index in [0.717, 1.165) is 10.5 Å². The molecule has 24 heavy (non-hydrogen) atoms. The highest BCUT2D eigenvalue weighted by molar-refractivity contribution is 6.16. The fourth-order valence-electron chi connectivity index (χ4n) is 2.69. The minimum absolute atomic E-state index is 0.0762. The number of amidine groups is 1. The summed E-state index contributed by atoms with van der Waals surface area (Å²) in [6.45, 7) is 7.30. The molecule has 0 radical (unpaired) electrons. The zero-order chi connectivity index (χ0) is 18.0. The standard InChI is InChI=1S/C16H22N4O4/c1-6-24-13-10(4)7-17-14-12(13)15(22)20(16(23)19(14)5)8-11(21)18-9(2)3/h7,9,12H,6,8H2,1-5H3/p+1. The van der Waals surface area contributed by atoms with Gasteiger partial charge in [0.05, 0.1) is 13.7 Å². The lowest BCUT2D eigenvalue weighted by Crippen LogP contribution is -2.57. The van der Waals surface area contributed by atoms with Crippen LogP contribution in [0.5, 0.6) is 0 Å². The highest BCUT2D eigenvalue weighted by Crippen LogP contribution is 2.27. The molecule has 1 N–H and O–H groups in total. The molecule has 0 fully saturated rings. The molecule has 0 saturated heterocycles. The van der Waals surface area contributed by atoms with Crippen LogP contribution < -0.4 is 5.32 Å². The smallest absolute Gasteiger partial charge is 0.446 e. The van der Waals surface area contributed by atoms with Gasteiger partial charge in [-0.15, -0.1) is 4.99 Å². The molecule has 8 heteroatoms.